The molecule has 0 saturated carbocycles. The maximum absolute atomic E-state index is 8.87. The summed E-state index contributed by atoms with van der Waals surface area (Å²) in [6, 6.07) is 20.8. The van der Waals surface area contributed by atoms with Gasteiger partial charge in [-0.05, 0) is 92.1 Å². The lowest BCUT2D eigenvalue weighted by Gasteiger charge is -2.05. The minimum atomic E-state index is 0.657. The fourth-order valence-corrected chi connectivity index (χ4v) is 2.83. The topological polar surface area (TPSA) is 99.2 Å². The summed E-state index contributed by atoms with van der Waals surface area (Å²) in [7, 11) is 0. The van der Waals surface area contributed by atoms with Crippen LogP contribution in [-0.2, 0) is 0 Å². The number of nitriles is 1. The summed E-state index contributed by atoms with van der Waals surface area (Å²) >= 11 is 0. The number of hydrogen-bond acceptors (Lipinski definition) is 6. The molecule has 0 atom stereocenters. The van der Waals surface area contributed by atoms with Crippen molar-refractivity contribution < 1.29 is 0 Å². The van der Waals surface area contributed by atoms with E-state index in [0.29, 0.717) is 11.3 Å². The second-order valence-corrected chi connectivity index (χ2v) is 6.95. The summed E-state index contributed by atoms with van der Waals surface area (Å²) in [6.45, 7) is 5.72. The van der Waals surface area contributed by atoms with Gasteiger partial charge in [0.2, 0.25) is 0 Å². The minimum Gasteiger partial charge on any atom is -0.399 e. The van der Waals surface area contributed by atoms with Crippen LogP contribution < -0.4 is 5.73 Å². The molecule has 0 fully saturated rings. The van der Waals surface area contributed by atoms with Crippen LogP contribution in [0.4, 0.5) is 28.4 Å². The number of allylic oxidation sites excluding steroid dienone is 1. The van der Waals surface area contributed by atoms with Gasteiger partial charge in [-0.25, -0.2) is 0 Å². The number of azo groups is 2. The van der Waals surface area contributed by atoms with Crippen molar-refractivity contribution in [1.82, 2.24) is 0 Å². The average molecular weight is 394 g/mol. The number of aryl methyl sites for hydroxylation is 2. The van der Waals surface area contributed by atoms with E-state index in [1.807, 2.05) is 68.5 Å². The van der Waals surface area contributed by atoms with E-state index in [9.17, 15) is 0 Å². The Labute approximate surface area is 176 Å². The van der Waals surface area contributed by atoms with E-state index in [1.54, 1.807) is 19.1 Å². The molecule has 6 heteroatoms. The smallest absolute Gasteiger partial charge is 0.0944 e. The third kappa shape index (κ3) is 5.46. The molecule has 0 saturated heterocycles. The predicted molar refractivity (Wildman–Crippen MR) is 121 cm³/mol. The van der Waals surface area contributed by atoms with E-state index >= 15 is 0 Å². The van der Waals surface area contributed by atoms with Gasteiger partial charge in [-0.15, -0.1) is 0 Å². The van der Waals surface area contributed by atoms with Crippen molar-refractivity contribution in [2.45, 2.75) is 20.8 Å². The Morgan fingerprint density at radius 2 is 1.30 bits per heavy atom. The third-order valence-corrected chi connectivity index (χ3v) is 4.37. The van der Waals surface area contributed by atoms with Crippen LogP contribution in [-0.4, -0.2) is 0 Å². The Balaban J connectivity index is 1.77. The molecule has 6 nitrogen and oxygen atoms in total. The number of anilines is 1. The van der Waals surface area contributed by atoms with Crippen LogP contribution in [0.2, 0.25) is 0 Å². The standard InChI is InChI=1S/C24H22N6/c1-16(15-25)12-19-4-8-21(9-5-19)28-30-24-17(2)13-23(14-18(24)3)29-27-22-10-6-20(26)7-11-22/h4-14H,26H2,1-3H3/b16-12-,29-27?,30-28?. The van der Waals surface area contributed by atoms with Crippen molar-refractivity contribution in [3.05, 3.63) is 82.9 Å². The third-order valence-electron chi connectivity index (χ3n) is 4.37. The molecule has 0 aliphatic heterocycles. The van der Waals surface area contributed by atoms with Gasteiger partial charge in [-0.3, -0.25) is 0 Å². The van der Waals surface area contributed by atoms with Crippen molar-refractivity contribution in [2.24, 2.45) is 20.5 Å². The average Bonchev–Trinajstić information content (AvgIpc) is 2.74. The number of nitrogens with two attached hydrogens (primary N) is 1. The van der Waals surface area contributed by atoms with Gasteiger partial charge in [0.05, 0.1) is 28.8 Å². The Morgan fingerprint density at radius 1 is 0.800 bits per heavy atom. The molecular formula is C24H22N6. The SMILES string of the molecule is C/C(C#N)=C/c1ccc(N=Nc2c(C)cc(N=Nc3ccc(N)cc3)cc2C)cc1. The molecule has 3 aromatic carbocycles. The van der Waals surface area contributed by atoms with Crippen LogP contribution in [0.3, 0.4) is 0 Å². The summed E-state index contributed by atoms with van der Waals surface area (Å²) < 4.78 is 0. The van der Waals surface area contributed by atoms with Gasteiger partial charge >= 0.3 is 0 Å². The molecule has 0 spiro atoms. The number of nitrogen functional groups attached to an aromatic ring is 1. The molecule has 2 N–H and O–H groups in total. The molecule has 0 amide bonds. The van der Waals surface area contributed by atoms with Gasteiger partial charge in [-0.1, -0.05) is 12.1 Å². The first kappa shape index (κ1) is 20.6. The number of hydrogen-bond donors (Lipinski definition) is 1. The van der Waals surface area contributed by atoms with Crippen molar-refractivity contribution in [1.29, 1.82) is 5.26 Å². The normalized spacial score (nSPS) is 11.9. The Kier molecular flexibility index (Phi) is 6.46. The quantitative estimate of drug-likeness (QED) is 0.273. The largest absolute Gasteiger partial charge is 0.399 e. The molecule has 3 aromatic rings. The maximum atomic E-state index is 8.87. The van der Waals surface area contributed by atoms with Crippen LogP contribution in [0, 0.1) is 25.2 Å². The zero-order valence-electron chi connectivity index (χ0n) is 17.2. The van der Waals surface area contributed by atoms with E-state index in [0.717, 1.165) is 39.4 Å². The van der Waals surface area contributed by atoms with E-state index < -0.39 is 0 Å². The lowest BCUT2D eigenvalue weighted by Crippen LogP contribution is -1.81. The highest BCUT2D eigenvalue weighted by atomic mass is 15.1. The Bertz CT molecular complexity index is 1140. The second kappa shape index (κ2) is 9.39. The molecule has 0 unspecified atom stereocenters. The highest BCUT2D eigenvalue weighted by Gasteiger charge is 2.05. The van der Waals surface area contributed by atoms with Gasteiger partial charge in [0.15, 0.2) is 0 Å². The van der Waals surface area contributed by atoms with Crippen LogP contribution in [0.5, 0.6) is 0 Å². The highest BCUT2D eigenvalue weighted by molar-refractivity contribution is 5.60. The van der Waals surface area contributed by atoms with Crippen LogP contribution >= 0.6 is 0 Å². The zero-order valence-corrected chi connectivity index (χ0v) is 17.2. The summed E-state index contributed by atoms with van der Waals surface area (Å²) in [6.07, 6.45) is 1.83. The monoisotopic (exact) mass is 394 g/mol. The maximum Gasteiger partial charge on any atom is 0.0944 e. The number of nitrogens with zero attached hydrogens (tertiary/aromatic N) is 5. The van der Waals surface area contributed by atoms with Crippen molar-refractivity contribution in [3.63, 3.8) is 0 Å². The van der Waals surface area contributed by atoms with Crippen molar-refractivity contribution in [2.75, 3.05) is 5.73 Å². The van der Waals surface area contributed by atoms with Gasteiger partial charge in [0.25, 0.3) is 0 Å². The van der Waals surface area contributed by atoms with Crippen LogP contribution in [0.15, 0.2) is 86.7 Å². The summed E-state index contributed by atoms with van der Waals surface area (Å²) in [5, 5.41) is 26.2. The molecule has 0 aliphatic rings. The summed E-state index contributed by atoms with van der Waals surface area (Å²) in [5.74, 6) is 0. The van der Waals surface area contributed by atoms with E-state index in [2.05, 4.69) is 26.5 Å². The van der Waals surface area contributed by atoms with Crippen LogP contribution in [0.25, 0.3) is 6.08 Å². The molecule has 148 valence electrons. The van der Waals surface area contributed by atoms with Crippen LogP contribution in [0.1, 0.15) is 23.6 Å². The molecule has 3 rings (SSSR count). The number of benzene rings is 3. The lowest BCUT2D eigenvalue weighted by atomic mass is 10.1. The van der Waals surface area contributed by atoms with Gasteiger partial charge in [0.1, 0.15) is 0 Å². The minimum absolute atomic E-state index is 0.657. The summed E-state index contributed by atoms with van der Waals surface area (Å²) in [5.41, 5.74) is 13.0. The first-order valence-electron chi connectivity index (χ1n) is 9.43. The van der Waals surface area contributed by atoms with Gasteiger partial charge in [-0.2, -0.15) is 25.7 Å². The van der Waals surface area contributed by atoms with E-state index in [-0.39, 0.29) is 0 Å². The lowest BCUT2D eigenvalue weighted by molar-refractivity contribution is 1.17. The predicted octanol–water partition coefficient (Wildman–Crippen LogP) is 7.64. The first-order valence-corrected chi connectivity index (χ1v) is 9.43. The molecule has 0 bridgehead atoms. The Morgan fingerprint density at radius 3 is 1.87 bits per heavy atom. The van der Waals surface area contributed by atoms with E-state index in [1.165, 1.54) is 0 Å². The van der Waals surface area contributed by atoms with Crippen molar-refractivity contribution in [3.8, 4) is 6.07 Å². The Hall–Kier alpha value is -4.11. The van der Waals surface area contributed by atoms with Gasteiger partial charge < -0.3 is 5.73 Å². The highest BCUT2D eigenvalue weighted by Crippen LogP contribution is 2.31. The summed E-state index contributed by atoms with van der Waals surface area (Å²) in [4.78, 5) is 0. The molecule has 0 aromatic heterocycles. The second-order valence-electron chi connectivity index (χ2n) is 6.95. The van der Waals surface area contributed by atoms with Gasteiger partial charge in [0, 0.05) is 11.3 Å². The molecule has 0 radical (unpaired) electrons. The molecular weight excluding hydrogens is 372 g/mol. The van der Waals surface area contributed by atoms with E-state index in [4.69, 9.17) is 11.0 Å². The molecule has 0 heterocycles. The molecule has 0 aliphatic carbocycles. The zero-order chi connectivity index (χ0) is 21.5. The fraction of sp³-hybridized carbons (Fsp3) is 0.125. The molecule has 30 heavy (non-hydrogen) atoms. The first-order chi connectivity index (χ1) is 14.4. The number of rotatable bonds is 5. The fourth-order valence-electron chi connectivity index (χ4n) is 2.83. The van der Waals surface area contributed by atoms with Crippen molar-refractivity contribution >= 4 is 34.5 Å².